The lowest BCUT2D eigenvalue weighted by atomic mass is 10.1. The Labute approximate surface area is 99.6 Å². The van der Waals surface area contributed by atoms with E-state index in [4.69, 9.17) is 11.6 Å². The van der Waals surface area contributed by atoms with Crippen LogP contribution in [0.1, 0.15) is 29.3 Å². The molecule has 0 spiro atoms. The molecule has 1 aromatic rings. The molecule has 15 heavy (non-hydrogen) atoms. The van der Waals surface area contributed by atoms with Crippen LogP contribution < -0.4 is 0 Å². The van der Waals surface area contributed by atoms with E-state index in [1.807, 2.05) is 0 Å². The van der Waals surface area contributed by atoms with Crippen molar-refractivity contribution in [2.24, 2.45) is 0 Å². The molecule has 0 aliphatic heterocycles. The average molecular weight is 298 g/mol. The fraction of sp³-hybridized carbons (Fsp3) is 0.300. The van der Waals surface area contributed by atoms with E-state index in [1.54, 1.807) is 6.92 Å². The number of carbonyl (C=O) groups is 1. The smallest absolute Gasteiger partial charge is 0.265 e. The maximum Gasteiger partial charge on any atom is 0.265 e. The largest absolute Gasteiger partial charge is 0.293 e. The molecule has 0 aliphatic carbocycles. The standard InChI is InChI=1S/C10H8BrClF2O/c1-5(11)9(15)6-2-3-7(10(13)14)8(12)4-6/h2-5,10H,1H3. The number of carbonyl (C=O) groups excluding carboxylic acids is 1. The second kappa shape index (κ2) is 5.03. The summed E-state index contributed by atoms with van der Waals surface area (Å²) < 4.78 is 24.7. The van der Waals surface area contributed by atoms with E-state index in [9.17, 15) is 13.6 Å². The van der Waals surface area contributed by atoms with Crippen LogP contribution in [0.25, 0.3) is 0 Å². The highest BCUT2D eigenvalue weighted by molar-refractivity contribution is 9.10. The normalized spacial score (nSPS) is 12.9. The summed E-state index contributed by atoms with van der Waals surface area (Å²) in [4.78, 5) is 11.1. The van der Waals surface area contributed by atoms with Crippen molar-refractivity contribution in [1.82, 2.24) is 0 Å². The van der Waals surface area contributed by atoms with Gasteiger partial charge in [0.2, 0.25) is 0 Å². The van der Waals surface area contributed by atoms with E-state index in [2.05, 4.69) is 15.9 Å². The van der Waals surface area contributed by atoms with E-state index >= 15 is 0 Å². The zero-order valence-corrected chi connectivity index (χ0v) is 10.1. The summed E-state index contributed by atoms with van der Waals surface area (Å²) in [6, 6.07) is 3.80. The summed E-state index contributed by atoms with van der Waals surface area (Å²) in [5, 5.41) is -0.0796. The third kappa shape index (κ3) is 2.98. The first-order chi connectivity index (χ1) is 6.93. The Morgan fingerprint density at radius 2 is 2.07 bits per heavy atom. The minimum atomic E-state index is -2.62. The molecule has 1 aromatic carbocycles. The Kier molecular flexibility index (Phi) is 4.22. The predicted octanol–water partition coefficient (Wildman–Crippen LogP) is 4.24. The second-order valence-electron chi connectivity index (χ2n) is 3.02. The van der Waals surface area contributed by atoms with Crippen molar-refractivity contribution < 1.29 is 13.6 Å². The summed E-state index contributed by atoms with van der Waals surface area (Å²) in [6.45, 7) is 1.66. The molecular formula is C10H8BrClF2O. The summed E-state index contributed by atoms with van der Waals surface area (Å²) in [7, 11) is 0. The Bertz CT molecular complexity index is 380. The molecule has 0 fully saturated rings. The third-order valence-electron chi connectivity index (χ3n) is 1.88. The van der Waals surface area contributed by atoms with E-state index in [1.165, 1.54) is 18.2 Å². The molecule has 82 valence electrons. The molecule has 1 atom stereocenters. The molecule has 1 nitrogen and oxygen atoms in total. The Balaban J connectivity index is 3.07. The fourth-order valence-corrected chi connectivity index (χ4v) is 1.61. The van der Waals surface area contributed by atoms with Crippen molar-refractivity contribution >= 4 is 33.3 Å². The van der Waals surface area contributed by atoms with Crippen LogP contribution in [0.2, 0.25) is 5.02 Å². The van der Waals surface area contributed by atoms with Gasteiger partial charge in [0.15, 0.2) is 5.78 Å². The minimum absolute atomic E-state index is 0.0796. The highest BCUT2D eigenvalue weighted by Gasteiger charge is 2.16. The van der Waals surface area contributed by atoms with E-state index in [0.29, 0.717) is 5.56 Å². The van der Waals surface area contributed by atoms with Crippen molar-refractivity contribution in [3.63, 3.8) is 0 Å². The van der Waals surface area contributed by atoms with E-state index in [0.717, 1.165) is 0 Å². The highest BCUT2D eigenvalue weighted by atomic mass is 79.9. The Hall–Kier alpha value is -0.480. The van der Waals surface area contributed by atoms with Gasteiger partial charge < -0.3 is 0 Å². The van der Waals surface area contributed by atoms with Gasteiger partial charge in [0.25, 0.3) is 6.43 Å². The van der Waals surface area contributed by atoms with Gasteiger partial charge in [-0.1, -0.05) is 39.7 Å². The van der Waals surface area contributed by atoms with Crippen molar-refractivity contribution in [1.29, 1.82) is 0 Å². The minimum Gasteiger partial charge on any atom is -0.293 e. The second-order valence-corrected chi connectivity index (χ2v) is 4.80. The van der Waals surface area contributed by atoms with Crippen LogP contribution in [0.4, 0.5) is 8.78 Å². The Morgan fingerprint density at radius 1 is 1.47 bits per heavy atom. The molecule has 0 saturated carbocycles. The molecule has 0 heterocycles. The van der Waals surface area contributed by atoms with Gasteiger partial charge in [-0.15, -0.1) is 0 Å². The molecule has 0 amide bonds. The van der Waals surface area contributed by atoms with Gasteiger partial charge in [-0.2, -0.15) is 0 Å². The third-order valence-corrected chi connectivity index (χ3v) is 2.62. The van der Waals surface area contributed by atoms with Gasteiger partial charge in [0.1, 0.15) is 0 Å². The van der Waals surface area contributed by atoms with Gasteiger partial charge in [0.05, 0.1) is 9.85 Å². The van der Waals surface area contributed by atoms with Crippen molar-refractivity contribution in [2.45, 2.75) is 18.2 Å². The van der Waals surface area contributed by atoms with Gasteiger partial charge in [-0.05, 0) is 13.0 Å². The van der Waals surface area contributed by atoms with E-state index in [-0.39, 0.29) is 21.2 Å². The first-order valence-corrected chi connectivity index (χ1v) is 5.48. The number of alkyl halides is 3. The van der Waals surface area contributed by atoms with Crippen molar-refractivity contribution in [3.8, 4) is 0 Å². The van der Waals surface area contributed by atoms with Crippen LogP contribution in [0.3, 0.4) is 0 Å². The number of hydrogen-bond donors (Lipinski definition) is 0. The van der Waals surface area contributed by atoms with Crippen molar-refractivity contribution in [2.75, 3.05) is 0 Å². The molecule has 0 bridgehead atoms. The van der Waals surface area contributed by atoms with Gasteiger partial charge in [-0.3, -0.25) is 4.79 Å². The maximum atomic E-state index is 12.3. The van der Waals surface area contributed by atoms with Gasteiger partial charge in [-0.25, -0.2) is 8.78 Å². The summed E-state index contributed by atoms with van der Waals surface area (Å²) in [5.41, 5.74) is 0.0733. The first-order valence-electron chi connectivity index (χ1n) is 4.19. The molecule has 1 rings (SSSR count). The van der Waals surface area contributed by atoms with Crippen LogP contribution >= 0.6 is 27.5 Å². The monoisotopic (exact) mass is 296 g/mol. The summed E-state index contributed by atoms with van der Waals surface area (Å²) >= 11 is 8.73. The molecule has 0 N–H and O–H groups in total. The molecule has 0 radical (unpaired) electrons. The summed E-state index contributed by atoms with van der Waals surface area (Å²) in [6.07, 6.45) is -2.62. The van der Waals surface area contributed by atoms with Crippen molar-refractivity contribution in [3.05, 3.63) is 34.3 Å². The molecule has 5 heteroatoms. The van der Waals surface area contributed by atoms with Crippen LogP contribution in [-0.4, -0.2) is 10.6 Å². The number of benzene rings is 1. The zero-order valence-electron chi connectivity index (χ0n) is 7.81. The Morgan fingerprint density at radius 3 is 2.47 bits per heavy atom. The lowest BCUT2D eigenvalue weighted by molar-refractivity contribution is 0.0995. The topological polar surface area (TPSA) is 17.1 Å². The molecule has 0 aliphatic rings. The molecule has 0 saturated heterocycles. The number of hydrogen-bond acceptors (Lipinski definition) is 1. The predicted molar refractivity (Wildman–Crippen MR) is 59.1 cm³/mol. The number of Topliss-reactive ketones (excluding diaryl/α,β-unsaturated/α-hetero) is 1. The van der Waals surface area contributed by atoms with Crippen LogP contribution in [0, 0.1) is 0 Å². The SMILES string of the molecule is CC(Br)C(=O)c1ccc(C(F)F)c(Cl)c1. The lowest BCUT2D eigenvalue weighted by Crippen LogP contribution is -2.10. The van der Waals surface area contributed by atoms with Gasteiger partial charge >= 0.3 is 0 Å². The first kappa shape index (κ1) is 12.6. The van der Waals surface area contributed by atoms with E-state index < -0.39 is 6.43 Å². The molecular weight excluding hydrogens is 289 g/mol. The number of halogens is 4. The quantitative estimate of drug-likeness (QED) is 0.602. The van der Waals surface area contributed by atoms with Crippen LogP contribution in [0.5, 0.6) is 0 Å². The maximum absolute atomic E-state index is 12.3. The number of ketones is 1. The van der Waals surface area contributed by atoms with Crippen LogP contribution in [0.15, 0.2) is 18.2 Å². The van der Waals surface area contributed by atoms with Crippen LogP contribution in [-0.2, 0) is 0 Å². The highest BCUT2D eigenvalue weighted by Crippen LogP contribution is 2.28. The zero-order chi connectivity index (χ0) is 11.6. The molecule has 0 aromatic heterocycles. The van der Waals surface area contributed by atoms with Gasteiger partial charge in [0, 0.05) is 11.1 Å². The lowest BCUT2D eigenvalue weighted by Gasteiger charge is -2.06. The number of rotatable bonds is 3. The summed E-state index contributed by atoms with van der Waals surface area (Å²) in [5.74, 6) is -0.183. The average Bonchev–Trinajstić information content (AvgIpc) is 2.15. The molecule has 1 unspecified atom stereocenters. The fourth-order valence-electron chi connectivity index (χ4n) is 1.09.